The Balaban J connectivity index is 1.75. The number of carbonyl (C=O) groups excluding carboxylic acids is 1. The van der Waals surface area contributed by atoms with E-state index in [2.05, 4.69) is 15.0 Å². The lowest BCUT2D eigenvalue weighted by Crippen LogP contribution is -2.13. The first kappa shape index (κ1) is 25.5. The molecule has 0 atom stereocenters. The SMILES string of the molecule is COc1cc(C(=O)N=Nc2cc(NS(=O)(=O)c3ccccc3)c3ccccc3c2O)cc(OC)c1OC. The zero-order valence-electron chi connectivity index (χ0n) is 20.1. The maximum atomic E-state index is 12.9. The van der Waals surface area contributed by atoms with Gasteiger partial charge in [0, 0.05) is 10.8 Å². The Kier molecular flexibility index (Phi) is 7.25. The molecule has 190 valence electrons. The Bertz CT molecular complexity index is 1580. The van der Waals surface area contributed by atoms with Crippen molar-refractivity contribution < 1.29 is 32.5 Å². The molecule has 10 nitrogen and oxygen atoms in total. The molecule has 0 aliphatic rings. The van der Waals surface area contributed by atoms with Gasteiger partial charge in [-0.05, 0) is 30.3 Å². The number of hydrogen-bond donors (Lipinski definition) is 2. The van der Waals surface area contributed by atoms with Crippen molar-refractivity contribution in [2.24, 2.45) is 10.2 Å². The van der Waals surface area contributed by atoms with Crippen LogP contribution in [-0.2, 0) is 10.0 Å². The van der Waals surface area contributed by atoms with Crippen molar-refractivity contribution >= 4 is 38.1 Å². The number of phenolic OH excluding ortho intramolecular Hbond substituents is 1. The molecule has 2 N–H and O–H groups in total. The second-order valence-corrected chi connectivity index (χ2v) is 9.36. The minimum atomic E-state index is -3.94. The second-order valence-electron chi connectivity index (χ2n) is 7.68. The predicted octanol–water partition coefficient (Wildman–Crippen LogP) is 5.30. The molecule has 11 heteroatoms. The molecule has 0 saturated carbocycles. The van der Waals surface area contributed by atoms with Gasteiger partial charge in [-0.15, -0.1) is 10.2 Å². The summed E-state index contributed by atoms with van der Waals surface area (Å²) in [5.74, 6) is -0.197. The van der Waals surface area contributed by atoms with E-state index in [4.69, 9.17) is 14.2 Å². The largest absolute Gasteiger partial charge is 0.505 e. The van der Waals surface area contributed by atoms with Gasteiger partial charge in [0.2, 0.25) is 5.75 Å². The van der Waals surface area contributed by atoms with E-state index in [1.807, 2.05) is 0 Å². The van der Waals surface area contributed by atoms with Crippen LogP contribution in [0.5, 0.6) is 23.0 Å². The average Bonchev–Trinajstić information content (AvgIpc) is 2.93. The summed E-state index contributed by atoms with van der Waals surface area (Å²) in [6.07, 6.45) is 0. The summed E-state index contributed by atoms with van der Waals surface area (Å²) in [6, 6.07) is 18.6. The number of fused-ring (bicyclic) bond motifs is 1. The van der Waals surface area contributed by atoms with Crippen LogP contribution in [0.3, 0.4) is 0 Å². The van der Waals surface area contributed by atoms with E-state index in [0.29, 0.717) is 16.5 Å². The number of nitrogens with one attached hydrogen (secondary N) is 1. The molecule has 0 heterocycles. The molecule has 0 fully saturated rings. The highest BCUT2D eigenvalue weighted by Crippen LogP contribution is 2.41. The normalized spacial score (nSPS) is 11.4. The number of methoxy groups -OCH3 is 3. The molecule has 0 bridgehead atoms. The van der Waals surface area contributed by atoms with E-state index in [9.17, 15) is 18.3 Å². The fourth-order valence-corrected chi connectivity index (χ4v) is 4.76. The fourth-order valence-electron chi connectivity index (χ4n) is 3.67. The number of aromatic hydroxyl groups is 1. The zero-order valence-corrected chi connectivity index (χ0v) is 20.9. The molecule has 37 heavy (non-hydrogen) atoms. The number of phenols is 1. The molecular formula is C26H23N3O7S. The van der Waals surface area contributed by atoms with Gasteiger partial charge < -0.3 is 19.3 Å². The third kappa shape index (κ3) is 5.16. The van der Waals surface area contributed by atoms with Crippen LogP contribution in [0, 0.1) is 0 Å². The van der Waals surface area contributed by atoms with Crippen LogP contribution in [0.1, 0.15) is 10.4 Å². The number of ether oxygens (including phenoxy) is 3. The topological polar surface area (TPSA) is 136 Å². The number of azo groups is 1. The third-order valence-corrected chi connectivity index (χ3v) is 6.84. The zero-order chi connectivity index (χ0) is 26.6. The number of amides is 1. The molecule has 0 aromatic heterocycles. The number of rotatable bonds is 8. The first-order valence-electron chi connectivity index (χ1n) is 10.9. The van der Waals surface area contributed by atoms with Gasteiger partial charge in [-0.1, -0.05) is 42.5 Å². The molecule has 0 unspecified atom stereocenters. The number of carbonyl (C=O) groups is 1. The van der Waals surface area contributed by atoms with E-state index in [1.54, 1.807) is 42.5 Å². The summed E-state index contributed by atoms with van der Waals surface area (Å²) in [6.45, 7) is 0. The minimum absolute atomic E-state index is 0.0629. The van der Waals surface area contributed by atoms with Crippen LogP contribution in [0.4, 0.5) is 11.4 Å². The van der Waals surface area contributed by atoms with Crippen LogP contribution < -0.4 is 18.9 Å². The van der Waals surface area contributed by atoms with E-state index >= 15 is 0 Å². The van der Waals surface area contributed by atoms with Crippen LogP contribution in [0.2, 0.25) is 0 Å². The molecule has 0 spiro atoms. The maximum absolute atomic E-state index is 12.9. The fraction of sp³-hybridized carbons (Fsp3) is 0.115. The van der Waals surface area contributed by atoms with E-state index < -0.39 is 15.9 Å². The Hall–Kier alpha value is -4.64. The molecule has 4 rings (SSSR count). The van der Waals surface area contributed by atoms with Crippen molar-refractivity contribution in [3.63, 3.8) is 0 Å². The lowest BCUT2D eigenvalue weighted by molar-refractivity contribution is 0.0994. The molecular weight excluding hydrogens is 498 g/mol. The molecule has 4 aromatic carbocycles. The average molecular weight is 522 g/mol. The van der Waals surface area contributed by atoms with E-state index in [1.165, 1.54) is 51.7 Å². The van der Waals surface area contributed by atoms with Crippen molar-refractivity contribution in [1.29, 1.82) is 0 Å². The predicted molar refractivity (Wildman–Crippen MR) is 138 cm³/mol. The first-order valence-corrected chi connectivity index (χ1v) is 12.4. The lowest BCUT2D eigenvalue weighted by atomic mass is 10.1. The Morgan fingerprint density at radius 3 is 2.03 bits per heavy atom. The number of hydrogen-bond acceptors (Lipinski definition) is 8. The van der Waals surface area contributed by atoms with Crippen molar-refractivity contribution in [2.75, 3.05) is 26.1 Å². The quantitative estimate of drug-likeness (QED) is 0.237. The van der Waals surface area contributed by atoms with E-state index in [-0.39, 0.29) is 39.1 Å². The van der Waals surface area contributed by atoms with E-state index in [0.717, 1.165) is 0 Å². The smallest absolute Gasteiger partial charge is 0.295 e. The third-order valence-electron chi connectivity index (χ3n) is 5.45. The van der Waals surface area contributed by atoms with Crippen molar-refractivity contribution in [3.05, 3.63) is 78.4 Å². The summed E-state index contributed by atoms with van der Waals surface area (Å²) in [5.41, 5.74) is 0.153. The number of benzene rings is 4. The monoisotopic (exact) mass is 521 g/mol. The van der Waals surface area contributed by atoms with Gasteiger partial charge in [-0.2, -0.15) is 0 Å². The Morgan fingerprint density at radius 1 is 0.838 bits per heavy atom. The molecule has 0 radical (unpaired) electrons. The van der Waals surface area contributed by atoms with Crippen molar-refractivity contribution in [2.45, 2.75) is 4.90 Å². The standard InChI is InChI=1S/C26H23N3O7S/c1-34-22-13-16(14-23(35-2)25(22)36-3)26(31)28-27-21-15-20(18-11-7-8-12-19(18)24(21)30)29-37(32,33)17-9-5-4-6-10-17/h4-15,29-30H,1-3H3. The van der Waals surface area contributed by atoms with Gasteiger partial charge >= 0.3 is 0 Å². The molecule has 4 aromatic rings. The number of nitrogens with zero attached hydrogens (tertiary/aromatic N) is 2. The van der Waals surface area contributed by atoms with Crippen molar-refractivity contribution in [3.8, 4) is 23.0 Å². The summed E-state index contributed by atoms with van der Waals surface area (Å²) >= 11 is 0. The Labute approximate surface area is 213 Å². The summed E-state index contributed by atoms with van der Waals surface area (Å²) < 4.78 is 44.2. The molecule has 0 aliphatic heterocycles. The number of anilines is 1. The van der Waals surface area contributed by atoms with Gasteiger partial charge in [0.05, 0.1) is 37.5 Å². The highest BCUT2D eigenvalue weighted by atomic mass is 32.2. The molecule has 1 amide bonds. The van der Waals surface area contributed by atoms with Crippen molar-refractivity contribution in [1.82, 2.24) is 0 Å². The summed E-state index contributed by atoms with van der Waals surface area (Å²) in [5, 5.41) is 19.2. The highest BCUT2D eigenvalue weighted by molar-refractivity contribution is 7.92. The number of sulfonamides is 1. The maximum Gasteiger partial charge on any atom is 0.295 e. The van der Waals surface area contributed by atoms with Gasteiger partial charge in [0.1, 0.15) is 5.69 Å². The van der Waals surface area contributed by atoms with Gasteiger partial charge in [0.25, 0.3) is 15.9 Å². The lowest BCUT2D eigenvalue weighted by Gasteiger charge is -2.13. The molecule has 0 aliphatic carbocycles. The summed E-state index contributed by atoms with van der Waals surface area (Å²) in [7, 11) is 0.327. The van der Waals surface area contributed by atoms with Gasteiger partial charge in [0.15, 0.2) is 17.2 Å². The highest BCUT2D eigenvalue weighted by Gasteiger charge is 2.20. The second kappa shape index (κ2) is 10.5. The Morgan fingerprint density at radius 2 is 1.43 bits per heavy atom. The minimum Gasteiger partial charge on any atom is -0.505 e. The first-order chi connectivity index (χ1) is 17.8. The molecule has 0 saturated heterocycles. The van der Waals surface area contributed by atoms with Crippen LogP contribution >= 0.6 is 0 Å². The van der Waals surface area contributed by atoms with Crippen LogP contribution in [0.25, 0.3) is 10.8 Å². The van der Waals surface area contributed by atoms with Crippen LogP contribution in [0.15, 0.2) is 87.9 Å². The summed E-state index contributed by atoms with van der Waals surface area (Å²) in [4.78, 5) is 12.9. The van der Waals surface area contributed by atoms with Crippen LogP contribution in [-0.4, -0.2) is 40.8 Å². The van der Waals surface area contributed by atoms with Gasteiger partial charge in [-0.3, -0.25) is 9.52 Å². The van der Waals surface area contributed by atoms with Gasteiger partial charge in [-0.25, -0.2) is 8.42 Å².